The number of oxazole rings is 1. The second-order valence-corrected chi connectivity index (χ2v) is 24.1. The number of hydrogen-bond donors (Lipinski definition) is 3. The van der Waals surface area contributed by atoms with Crippen LogP contribution in [0.15, 0.2) is 28.9 Å². The summed E-state index contributed by atoms with van der Waals surface area (Å²) in [5.74, 6) is 1.73. The quantitative estimate of drug-likeness (QED) is 0.143. The fourth-order valence-corrected chi connectivity index (χ4v) is 10.1. The van der Waals surface area contributed by atoms with Crippen LogP contribution >= 0.6 is 12.4 Å². The minimum absolute atomic E-state index is 0. The molecule has 2 aromatic heterocycles. The number of ether oxygens (including phenoxy) is 2. The molecule has 3 amide bonds. The van der Waals surface area contributed by atoms with Gasteiger partial charge in [-0.2, -0.15) is 0 Å². The molecule has 8 aliphatic rings. The maximum Gasteiger partial charge on any atom is 0.410 e. The highest BCUT2D eigenvalue weighted by Crippen LogP contribution is 2.28. The highest BCUT2D eigenvalue weighted by Gasteiger charge is 2.37. The van der Waals surface area contributed by atoms with Crippen molar-refractivity contribution in [2.75, 3.05) is 135 Å². The summed E-state index contributed by atoms with van der Waals surface area (Å²) >= 11 is 0. The highest BCUT2D eigenvalue weighted by atomic mass is 35.5. The Morgan fingerprint density at radius 2 is 1.21 bits per heavy atom. The molecule has 3 aromatic rings. The molecule has 8 fully saturated rings. The molecule has 0 aliphatic carbocycles. The summed E-state index contributed by atoms with van der Waals surface area (Å²) < 4.78 is 80.7. The Morgan fingerprint density at radius 3 is 1.62 bits per heavy atom. The van der Waals surface area contributed by atoms with Crippen LogP contribution in [0.1, 0.15) is 83.6 Å². The van der Waals surface area contributed by atoms with Gasteiger partial charge in [0, 0.05) is 148 Å². The molecule has 25 heteroatoms. The molecular formula is C55H84ClF5N12O7. The molecule has 4 atom stereocenters. The fraction of sp³-hybridized carbons (Fsp3) is 0.727. The van der Waals surface area contributed by atoms with Gasteiger partial charge in [0.1, 0.15) is 59.2 Å². The third kappa shape index (κ3) is 20.2. The maximum absolute atomic E-state index is 14.1. The van der Waals surface area contributed by atoms with E-state index in [1.807, 2.05) is 41.5 Å². The summed E-state index contributed by atoms with van der Waals surface area (Å²) in [6, 6.07) is 2.71. The number of benzene rings is 1. The Balaban J connectivity index is 0.000000178. The Kier molecular flexibility index (Phi) is 23.5. The lowest BCUT2D eigenvalue weighted by Gasteiger charge is -2.41. The van der Waals surface area contributed by atoms with E-state index in [9.17, 15) is 41.1 Å². The lowest BCUT2D eigenvalue weighted by Crippen LogP contribution is -2.54. The second kappa shape index (κ2) is 29.3. The summed E-state index contributed by atoms with van der Waals surface area (Å²) in [7, 11) is 0. The smallest absolute Gasteiger partial charge is 0.410 e. The number of hydrogen-bond acceptors (Lipinski definition) is 16. The molecule has 3 N–H and O–H groups in total. The molecule has 0 saturated carbocycles. The maximum atomic E-state index is 14.1. The minimum Gasteiger partial charge on any atom is -0.444 e. The summed E-state index contributed by atoms with van der Waals surface area (Å²) in [6.45, 7) is 27.9. The third-order valence-corrected chi connectivity index (χ3v) is 14.4. The van der Waals surface area contributed by atoms with Crippen molar-refractivity contribution >= 4 is 59.4 Å². The van der Waals surface area contributed by atoms with Crippen molar-refractivity contribution in [2.24, 2.45) is 23.7 Å². The number of nitrogens with zero attached hydrogens (tertiary/aromatic N) is 9. The van der Waals surface area contributed by atoms with E-state index in [2.05, 4.69) is 50.5 Å². The van der Waals surface area contributed by atoms with Crippen LogP contribution in [-0.2, 0) is 14.3 Å². The Morgan fingerprint density at radius 1 is 0.688 bits per heavy atom. The second-order valence-electron chi connectivity index (χ2n) is 24.1. The number of likely N-dealkylation sites (tertiary alicyclic amines) is 5. The van der Waals surface area contributed by atoms with Crippen LogP contribution in [0, 0.1) is 36.4 Å². The number of halogens is 6. The summed E-state index contributed by atoms with van der Waals surface area (Å²) in [5.41, 5.74) is -0.123. The largest absolute Gasteiger partial charge is 0.444 e. The Bertz CT molecular complexity index is 2450. The first kappa shape index (κ1) is 64.2. The van der Waals surface area contributed by atoms with Gasteiger partial charge in [-0.15, -0.1) is 12.4 Å². The molecule has 80 heavy (non-hydrogen) atoms. The molecule has 8 aliphatic heterocycles. The first-order valence-electron chi connectivity index (χ1n) is 27.9. The van der Waals surface area contributed by atoms with Crippen molar-refractivity contribution in [1.29, 1.82) is 0 Å². The molecule has 1 aromatic carbocycles. The van der Waals surface area contributed by atoms with Crippen LogP contribution in [-0.4, -0.2) is 224 Å². The standard InChI is InChI=1S/C21H22F2N6O2.C13H23FN2O2.C9H15NO3.C8H15FN2.C4H8FN.ClH/c1-12-26-20-16(23)4-15(5-18(20)31-12)27-21(30)17-6-25-19(7-24-17)29-9-13(10-29)8-28-3-2-14(22)11-28;1-13(2,3)18-12(17)16-7-10(8-16)6-15-5-4-11(14)9-15;1-9(2,3)13-8(12)10-4-7(5-10)6-11;9-8-1-2-11(6-8)5-7-3-10-4-7;5-4-1-2-6-3-4;/h4-7,13-14H,2-3,8-11H2,1H3,(H,27,30);10-11H,4-9H2,1-3H3;6-7H,4-5H2,1-3H3;7-8,10H,1-6H2;4,6H,1-3H2;1H/t14-;11-;;8-;4-;/m11.11./s1. The Labute approximate surface area is 473 Å². The molecule has 0 unspecified atom stereocenters. The normalized spacial score (nSPS) is 23.7. The van der Waals surface area contributed by atoms with Crippen molar-refractivity contribution in [3.8, 4) is 0 Å². The summed E-state index contributed by atoms with van der Waals surface area (Å²) in [5, 5.41) is 8.73. The van der Waals surface area contributed by atoms with Crippen LogP contribution in [0.25, 0.3) is 11.1 Å². The van der Waals surface area contributed by atoms with Gasteiger partial charge in [-0.25, -0.2) is 46.5 Å². The summed E-state index contributed by atoms with van der Waals surface area (Å²) in [4.78, 5) is 70.1. The van der Waals surface area contributed by atoms with Gasteiger partial charge in [-0.05, 0) is 85.8 Å². The van der Waals surface area contributed by atoms with Crippen LogP contribution in [0.3, 0.4) is 0 Å². The number of carbonyl (C=O) groups excluding carboxylic acids is 4. The average molecular weight is 1160 g/mol. The predicted octanol–water partition coefficient (Wildman–Crippen LogP) is 6.74. The first-order valence-corrected chi connectivity index (χ1v) is 27.9. The fourth-order valence-electron chi connectivity index (χ4n) is 10.1. The lowest BCUT2D eigenvalue weighted by molar-refractivity contribution is -0.115. The number of fused-ring (bicyclic) bond motifs is 1. The van der Waals surface area contributed by atoms with Crippen LogP contribution < -0.4 is 20.9 Å². The average Bonchev–Trinajstić information content (AvgIpc) is 4.18. The van der Waals surface area contributed by atoms with Gasteiger partial charge in [0.25, 0.3) is 5.91 Å². The van der Waals surface area contributed by atoms with E-state index in [4.69, 9.17) is 13.9 Å². The zero-order chi connectivity index (χ0) is 57.0. The predicted molar refractivity (Wildman–Crippen MR) is 297 cm³/mol. The number of rotatable bonds is 10. The van der Waals surface area contributed by atoms with Crippen molar-refractivity contribution in [1.82, 2.24) is 50.1 Å². The highest BCUT2D eigenvalue weighted by molar-refractivity contribution is 6.03. The minimum atomic E-state index is -0.695. The van der Waals surface area contributed by atoms with Crippen molar-refractivity contribution in [2.45, 2.75) is 110 Å². The van der Waals surface area contributed by atoms with Gasteiger partial charge >= 0.3 is 12.2 Å². The van der Waals surface area contributed by atoms with E-state index in [0.29, 0.717) is 82.1 Å². The third-order valence-electron chi connectivity index (χ3n) is 14.4. The molecule has 448 valence electrons. The topological polar surface area (TPSA) is 194 Å². The number of amides is 3. The lowest BCUT2D eigenvalue weighted by atomic mass is 10.00. The first-order chi connectivity index (χ1) is 37.4. The van der Waals surface area contributed by atoms with E-state index < -0.39 is 47.6 Å². The number of carbonyl (C=O) groups is 4. The van der Waals surface area contributed by atoms with Gasteiger partial charge in [0.15, 0.2) is 17.3 Å². The van der Waals surface area contributed by atoms with E-state index >= 15 is 0 Å². The zero-order valence-electron chi connectivity index (χ0n) is 47.4. The number of nitrogens with one attached hydrogen (secondary N) is 3. The van der Waals surface area contributed by atoms with Gasteiger partial charge in [-0.3, -0.25) is 19.5 Å². The molecule has 10 heterocycles. The number of aldehydes is 1. The zero-order valence-corrected chi connectivity index (χ0v) is 48.3. The van der Waals surface area contributed by atoms with E-state index in [-0.39, 0.29) is 53.0 Å². The molecule has 19 nitrogen and oxygen atoms in total. The number of aromatic nitrogens is 3. The SMILES string of the molecule is CC(C)(C)OC(=O)N1CC(C=O)C1.CC(C)(C)OC(=O)N1CC(CN2CC[C@@H](F)C2)C1.Cc1nc2c(F)cc(NC(=O)c3cnc(N4CC(CN5CC[C@@H](F)C5)C4)cn3)cc2o1.Cl.F[C@@H]1CCN(CC2CNC2)C1.F[C@@H]1CCNC1. The van der Waals surface area contributed by atoms with Crippen molar-refractivity contribution in [3.63, 3.8) is 0 Å². The van der Waals surface area contributed by atoms with Gasteiger partial charge in [-0.1, -0.05) is 0 Å². The molecule has 11 rings (SSSR count). The van der Waals surface area contributed by atoms with Gasteiger partial charge < -0.3 is 49.3 Å². The molecular weight excluding hydrogens is 1070 g/mol. The molecule has 0 radical (unpaired) electrons. The summed E-state index contributed by atoms with van der Waals surface area (Å²) in [6.07, 6.45) is 3.54. The van der Waals surface area contributed by atoms with E-state index in [1.165, 1.54) is 23.2 Å². The number of anilines is 2. The Hall–Kier alpha value is -5.01. The molecule has 0 spiro atoms. The molecule has 0 bridgehead atoms. The van der Waals surface area contributed by atoms with Crippen molar-refractivity contribution < 1.29 is 55.0 Å². The van der Waals surface area contributed by atoms with Crippen LogP contribution in [0.2, 0.25) is 0 Å². The van der Waals surface area contributed by atoms with Gasteiger partial charge in [0.2, 0.25) is 0 Å². The number of alkyl halides is 4. The number of aryl methyl sites for hydroxylation is 1. The van der Waals surface area contributed by atoms with E-state index in [1.54, 1.807) is 18.0 Å². The molecule has 8 saturated heterocycles. The van der Waals surface area contributed by atoms with Crippen molar-refractivity contribution in [3.05, 3.63) is 41.9 Å². The van der Waals surface area contributed by atoms with E-state index in [0.717, 1.165) is 104 Å². The van der Waals surface area contributed by atoms with Crippen LogP contribution in [0.4, 0.5) is 43.0 Å². The van der Waals surface area contributed by atoms with Gasteiger partial charge in [0.05, 0.1) is 18.3 Å². The monoisotopic (exact) mass is 1150 g/mol. The van der Waals surface area contributed by atoms with Crippen LogP contribution in [0.5, 0.6) is 0 Å².